The second-order valence-electron chi connectivity index (χ2n) is 4.42. The number of rotatable bonds is 6. The summed E-state index contributed by atoms with van der Waals surface area (Å²) in [5, 5.41) is 2.93. The van der Waals surface area contributed by atoms with Crippen molar-refractivity contribution in [2.45, 2.75) is 25.8 Å². The molecular formula is C10H21N3O. The van der Waals surface area contributed by atoms with Crippen LogP contribution in [-0.2, 0) is 4.79 Å². The van der Waals surface area contributed by atoms with Crippen LogP contribution in [0.3, 0.4) is 0 Å². The number of amides is 1. The van der Waals surface area contributed by atoms with Gasteiger partial charge < -0.3 is 11.1 Å². The quantitative estimate of drug-likeness (QED) is 0.622. The average molecular weight is 199 g/mol. The van der Waals surface area contributed by atoms with Gasteiger partial charge in [-0.25, -0.2) is 0 Å². The van der Waals surface area contributed by atoms with Crippen molar-refractivity contribution in [3.05, 3.63) is 0 Å². The number of carbonyl (C=O) groups is 1. The second-order valence-corrected chi connectivity index (χ2v) is 4.42. The SMILES string of the molecule is CC(N)CN(C)CC(=O)NCC1CC1. The molecule has 1 amide bonds. The van der Waals surface area contributed by atoms with Crippen LogP contribution in [0.5, 0.6) is 0 Å². The summed E-state index contributed by atoms with van der Waals surface area (Å²) < 4.78 is 0. The summed E-state index contributed by atoms with van der Waals surface area (Å²) in [6.07, 6.45) is 2.55. The Morgan fingerprint density at radius 3 is 2.79 bits per heavy atom. The van der Waals surface area contributed by atoms with Crippen LogP contribution in [0, 0.1) is 5.92 Å². The molecule has 0 heterocycles. The highest BCUT2D eigenvalue weighted by Crippen LogP contribution is 2.27. The molecule has 1 fully saturated rings. The first kappa shape index (κ1) is 11.5. The van der Waals surface area contributed by atoms with Crippen LogP contribution in [0.1, 0.15) is 19.8 Å². The second kappa shape index (κ2) is 5.32. The van der Waals surface area contributed by atoms with E-state index in [-0.39, 0.29) is 11.9 Å². The van der Waals surface area contributed by atoms with E-state index in [1.54, 1.807) is 0 Å². The zero-order valence-corrected chi connectivity index (χ0v) is 9.12. The lowest BCUT2D eigenvalue weighted by Gasteiger charge is -2.18. The van der Waals surface area contributed by atoms with E-state index in [4.69, 9.17) is 5.73 Å². The molecule has 0 radical (unpaired) electrons. The van der Waals surface area contributed by atoms with Crippen LogP contribution in [-0.4, -0.2) is 43.5 Å². The Morgan fingerprint density at radius 2 is 2.29 bits per heavy atom. The smallest absolute Gasteiger partial charge is 0.234 e. The van der Waals surface area contributed by atoms with Crippen LogP contribution >= 0.6 is 0 Å². The van der Waals surface area contributed by atoms with E-state index in [1.165, 1.54) is 12.8 Å². The molecule has 1 aliphatic rings. The topological polar surface area (TPSA) is 58.4 Å². The fourth-order valence-electron chi connectivity index (χ4n) is 1.44. The van der Waals surface area contributed by atoms with Crippen molar-refractivity contribution in [1.82, 2.24) is 10.2 Å². The Balaban J connectivity index is 2.05. The Hall–Kier alpha value is -0.610. The van der Waals surface area contributed by atoms with Crippen LogP contribution in [0.2, 0.25) is 0 Å². The monoisotopic (exact) mass is 199 g/mol. The van der Waals surface area contributed by atoms with E-state index in [9.17, 15) is 4.79 Å². The number of hydrogen-bond acceptors (Lipinski definition) is 3. The predicted molar refractivity (Wildman–Crippen MR) is 56.9 cm³/mol. The van der Waals surface area contributed by atoms with Gasteiger partial charge in [0.25, 0.3) is 0 Å². The standard InChI is InChI=1S/C10H21N3O/c1-8(11)6-13(2)7-10(14)12-5-9-3-4-9/h8-9H,3-7,11H2,1-2H3,(H,12,14). The third kappa shape index (κ3) is 5.19. The van der Waals surface area contributed by atoms with Gasteiger partial charge in [-0.3, -0.25) is 9.69 Å². The zero-order chi connectivity index (χ0) is 10.6. The first-order chi connectivity index (χ1) is 6.58. The lowest BCUT2D eigenvalue weighted by Crippen LogP contribution is -2.40. The van der Waals surface area contributed by atoms with E-state index in [2.05, 4.69) is 5.32 Å². The van der Waals surface area contributed by atoms with Gasteiger partial charge in [0.2, 0.25) is 5.91 Å². The molecule has 1 saturated carbocycles. The van der Waals surface area contributed by atoms with Crippen molar-refractivity contribution >= 4 is 5.91 Å². The Kier molecular flexibility index (Phi) is 4.35. The van der Waals surface area contributed by atoms with Gasteiger partial charge in [0.05, 0.1) is 6.54 Å². The van der Waals surface area contributed by atoms with Crippen LogP contribution in [0.15, 0.2) is 0 Å². The van der Waals surface area contributed by atoms with Gasteiger partial charge in [-0.05, 0) is 32.7 Å². The van der Waals surface area contributed by atoms with Gasteiger partial charge >= 0.3 is 0 Å². The molecule has 4 heteroatoms. The third-order valence-electron chi connectivity index (χ3n) is 2.30. The number of carbonyl (C=O) groups excluding carboxylic acids is 1. The first-order valence-corrected chi connectivity index (χ1v) is 5.28. The van der Waals surface area contributed by atoms with E-state index in [0.717, 1.165) is 19.0 Å². The highest BCUT2D eigenvalue weighted by atomic mass is 16.2. The molecular weight excluding hydrogens is 178 g/mol. The van der Waals surface area contributed by atoms with Crippen molar-refractivity contribution in [2.24, 2.45) is 11.7 Å². The van der Waals surface area contributed by atoms with Crippen molar-refractivity contribution in [3.8, 4) is 0 Å². The first-order valence-electron chi connectivity index (χ1n) is 5.28. The lowest BCUT2D eigenvalue weighted by molar-refractivity contribution is -0.122. The van der Waals surface area contributed by atoms with Gasteiger partial charge in [-0.2, -0.15) is 0 Å². The van der Waals surface area contributed by atoms with Crippen molar-refractivity contribution in [2.75, 3.05) is 26.7 Å². The zero-order valence-electron chi connectivity index (χ0n) is 9.12. The fourth-order valence-corrected chi connectivity index (χ4v) is 1.44. The number of nitrogens with zero attached hydrogens (tertiary/aromatic N) is 1. The third-order valence-corrected chi connectivity index (χ3v) is 2.30. The minimum atomic E-state index is 0.111. The normalized spacial score (nSPS) is 18.3. The van der Waals surface area contributed by atoms with Crippen molar-refractivity contribution < 1.29 is 4.79 Å². The van der Waals surface area contributed by atoms with Crippen LogP contribution in [0.4, 0.5) is 0 Å². The van der Waals surface area contributed by atoms with E-state index < -0.39 is 0 Å². The highest BCUT2D eigenvalue weighted by Gasteiger charge is 2.21. The molecule has 4 nitrogen and oxygen atoms in total. The Morgan fingerprint density at radius 1 is 1.64 bits per heavy atom. The summed E-state index contributed by atoms with van der Waals surface area (Å²) in [6, 6.07) is 0.122. The number of likely N-dealkylation sites (N-methyl/N-ethyl adjacent to an activating group) is 1. The highest BCUT2D eigenvalue weighted by molar-refractivity contribution is 5.77. The predicted octanol–water partition coefficient (Wildman–Crippen LogP) is -0.208. The van der Waals surface area contributed by atoms with Crippen molar-refractivity contribution in [1.29, 1.82) is 0 Å². The average Bonchev–Trinajstić information content (AvgIpc) is 2.81. The summed E-state index contributed by atoms with van der Waals surface area (Å²) in [5.74, 6) is 0.859. The van der Waals surface area contributed by atoms with Gasteiger partial charge in [0.1, 0.15) is 0 Å². The molecule has 1 atom stereocenters. The summed E-state index contributed by atoms with van der Waals surface area (Å²) in [6.45, 7) is 4.01. The molecule has 0 aromatic heterocycles. The van der Waals surface area contributed by atoms with Crippen molar-refractivity contribution in [3.63, 3.8) is 0 Å². The van der Waals surface area contributed by atoms with Crippen LogP contribution in [0.25, 0.3) is 0 Å². The molecule has 0 aromatic rings. The fraction of sp³-hybridized carbons (Fsp3) is 0.900. The number of hydrogen-bond donors (Lipinski definition) is 2. The van der Waals surface area contributed by atoms with Gasteiger partial charge in [-0.1, -0.05) is 0 Å². The number of nitrogens with one attached hydrogen (secondary N) is 1. The Labute approximate surface area is 85.8 Å². The van der Waals surface area contributed by atoms with E-state index in [0.29, 0.717) is 6.54 Å². The maximum Gasteiger partial charge on any atom is 0.234 e. The maximum absolute atomic E-state index is 11.4. The molecule has 3 N–H and O–H groups in total. The Bertz CT molecular complexity index is 190. The van der Waals surface area contributed by atoms with Gasteiger partial charge in [0, 0.05) is 19.1 Å². The molecule has 1 unspecified atom stereocenters. The van der Waals surface area contributed by atoms with Gasteiger partial charge in [-0.15, -0.1) is 0 Å². The minimum Gasteiger partial charge on any atom is -0.355 e. The van der Waals surface area contributed by atoms with E-state index in [1.807, 2.05) is 18.9 Å². The molecule has 0 aromatic carbocycles. The molecule has 0 spiro atoms. The summed E-state index contributed by atoms with van der Waals surface area (Å²) in [4.78, 5) is 13.3. The largest absolute Gasteiger partial charge is 0.355 e. The van der Waals surface area contributed by atoms with Crippen LogP contribution < -0.4 is 11.1 Å². The summed E-state index contributed by atoms with van der Waals surface area (Å²) in [7, 11) is 1.92. The molecule has 0 bridgehead atoms. The summed E-state index contributed by atoms with van der Waals surface area (Å²) in [5.41, 5.74) is 5.63. The molecule has 14 heavy (non-hydrogen) atoms. The summed E-state index contributed by atoms with van der Waals surface area (Å²) >= 11 is 0. The molecule has 1 aliphatic carbocycles. The van der Waals surface area contributed by atoms with Gasteiger partial charge in [0.15, 0.2) is 0 Å². The maximum atomic E-state index is 11.4. The van der Waals surface area contributed by atoms with E-state index >= 15 is 0 Å². The lowest BCUT2D eigenvalue weighted by atomic mass is 10.3. The molecule has 0 aliphatic heterocycles. The molecule has 1 rings (SSSR count). The molecule has 82 valence electrons. The number of nitrogens with two attached hydrogens (primary N) is 1. The minimum absolute atomic E-state index is 0.111. The molecule has 0 saturated heterocycles.